The molecule has 2 aliphatic rings. The number of methoxy groups -OCH3 is 1. The van der Waals surface area contributed by atoms with Gasteiger partial charge < -0.3 is 15.0 Å². The minimum atomic E-state index is 0.424. The average Bonchev–Trinajstić information content (AvgIpc) is 3.18. The third-order valence-corrected chi connectivity index (χ3v) is 8.38. The summed E-state index contributed by atoms with van der Waals surface area (Å²) in [6.45, 7) is 5.03. The number of nitrogens with zero attached hydrogens (tertiary/aromatic N) is 3. The second kappa shape index (κ2) is 9.65. The number of fused-ring (bicyclic) bond motifs is 2. The Morgan fingerprint density at radius 1 is 1.16 bits per heavy atom. The van der Waals surface area contributed by atoms with Gasteiger partial charge in [-0.2, -0.15) is 0 Å². The van der Waals surface area contributed by atoms with Gasteiger partial charge in [-0.3, -0.25) is 0 Å². The fraction of sp³-hybridized carbons (Fsp3) is 0.360. The van der Waals surface area contributed by atoms with Crippen LogP contribution in [0.1, 0.15) is 29.6 Å². The molecule has 2 aliphatic heterocycles. The summed E-state index contributed by atoms with van der Waals surface area (Å²) in [5, 5.41) is 4.89. The number of aromatic nitrogens is 1. The van der Waals surface area contributed by atoms with Gasteiger partial charge in [0.1, 0.15) is 11.4 Å². The molecule has 32 heavy (non-hydrogen) atoms. The van der Waals surface area contributed by atoms with E-state index in [1.54, 1.807) is 7.11 Å². The molecule has 3 heterocycles. The van der Waals surface area contributed by atoms with Crippen LogP contribution in [-0.4, -0.2) is 48.5 Å². The maximum Gasteiger partial charge on any atom is 0.157 e. The van der Waals surface area contributed by atoms with Crippen LogP contribution < -0.4 is 10.1 Å². The molecule has 0 radical (unpaired) electrons. The number of ether oxygens (including phenoxy) is 1. The number of hydrogen-bond donors (Lipinski definition) is 1. The van der Waals surface area contributed by atoms with Crippen molar-refractivity contribution in [3.8, 4) is 5.75 Å². The van der Waals surface area contributed by atoms with Crippen LogP contribution in [0.15, 0.2) is 62.6 Å². The quantitative estimate of drug-likeness (QED) is 0.565. The number of amidine groups is 1. The van der Waals surface area contributed by atoms with Gasteiger partial charge in [0.2, 0.25) is 0 Å². The fourth-order valence-electron chi connectivity index (χ4n) is 4.18. The molecule has 1 unspecified atom stereocenters. The molecular formula is C25H28N4OS2. The number of aliphatic imine (C=N–C) groups is 1. The van der Waals surface area contributed by atoms with E-state index in [1.165, 1.54) is 19.7 Å². The number of nitrogens with one attached hydrogen (secondary N) is 1. The summed E-state index contributed by atoms with van der Waals surface area (Å²) in [6, 6.07) is 17.3. The van der Waals surface area contributed by atoms with E-state index in [0.717, 1.165) is 61.9 Å². The SMILES string of the molecule is CCc1nc2c(s1)Sc1ccccc1N=C2N1CCNC(CCc2ccc(OC)cc2)C1. The molecule has 166 valence electrons. The number of aryl methyl sites for hydroxylation is 2. The highest BCUT2D eigenvalue weighted by atomic mass is 32.2. The first-order chi connectivity index (χ1) is 15.7. The largest absolute Gasteiger partial charge is 0.497 e. The number of thiazole rings is 1. The van der Waals surface area contributed by atoms with Gasteiger partial charge in [0.15, 0.2) is 5.84 Å². The molecule has 0 spiro atoms. The van der Waals surface area contributed by atoms with E-state index in [2.05, 4.69) is 53.5 Å². The Balaban J connectivity index is 1.36. The van der Waals surface area contributed by atoms with E-state index in [-0.39, 0.29) is 0 Å². The van der Waals surface area contributed by atoms with Gasteiger partial charge in [-0.15, -0.1) is 11.3 Å². The molecule has 7 heteroatoms. The Kier molecular flexibility index (Phi) is 6.48. The van der Waals surface area contributed by atoms with Gasteiger partial charge in [0, 0.05) is 30.6 Å². The fourth-order valence-corrected chi connectivity index (χ4v) is 6.43. The third-order valence-electron chi connectivity index (χ3n) is 5.94. The van der Waals surface area contributed by atoms with Crippen LogP contribution >= 0.6 is 23.1 Å². The van der Waals surface area contributed by atoms with Crippen molar-refractivity contribution in [2.24, 2.45) is 4.99 Å². The van der Waals surface area contributed by atoms with E-state index in [4.69, 9.17) is 14.7 Å². The minimum absolute atomic E-state index is 0.424. The summed E-state index contributed by atoms with van der Waals surface area (Å²) in [5.41, 5.74) is 3.45. The van der Waals surface area contributed by atoms with Crippen molar-refractivity contribution in [1.82, 2.24) is 15.2 Å². The zero-order valence-electron chi connectivity index (χ0n) is 18.5. The number of hydrogen-bond acceptors (Lipinski definition) is 7. The zero-order chi connectivity index (χ0) is 21.9. The van der Waals surface area contributed by atoms with Crippen molar-refractivity contribution in [3.05, 3.63) is 64.8 Å². The summed E-state index contributed by atoms with van der Waals surface area (Å²) in [6.07, 6.45) is 3.09. The first-order valence-corrected chi connectivity index (χ1v) is 12.8. The molecule has 0 amide bonds. The second-order valence-corrected chi connectivity index (χ2v) is 10.5. The Morgan fingerprint density at radius 3 is 2.81 bits per heavy atom. The Hall–Kier alpha value is -2.35. The van der Waals surface area contributed by atoms with Gasteiger partial charge in [0.25, 0.3) is 0 Å². The van der Waals surface area contributed by atoms with E-state index >= 15 is 0 Å². The molecule has 1 N–H and O–H groups in total. The molecule has 0 bridgehead atoms. The van der Waals surface area contributed by atoms with Crippen LogP contribution in [0, 0.1) is 0 Å². The van der Waals surface area contributed by atoms with Gasteiger partial charge in [-0.1, -0.05) is 43.0 Å². The van der Waals surface area contributed by atoms with Crippen molar-refractivity contribution in [3.63, 3.8) is 0 Å². The maximum absolute atomic E-state index is 5.28. The summed E-state index contributed by atoms with van der Waals surface area (Å²) in [4.78, 5) is 13.8. The smallest absolute Gasteiger partial charge is 0.157 e. The van der Waals surface area contributed by atoms with Crippen molar-refractivity contribution in [2.45, 2.75) is 41.3 Å². The Bertz CT molecular complexity index is 1110. The molecule has 1 fully saturated rings. The molecule has 0 saturated carbocycles. The third kappa shape index (κ3) is 4.56. The van der Waals surface area contributed by atoms with Crippen molar-refractivity contribution < 1.29 is 4.74 Å². The summed E-state index contributed by atoms with van der Waals surface area (Å²) < 4.78 is 6.54. The molecule has 1 atom stereocenters. The molecule has 0 aliphatic carbocycles. The molecule has 5 rings (SSSR count). The lowest BCUT2D eigenvalue weighted by molar-refractivity contribution is 0.281. The lowest BCUT2D eigenvalue weighted by Gasteiger charge is -2.35. The first-order valence-electron chi connectivity index (χ1n) is 11.2. The van der Waals surface area contributed by atoms with Gasteiger partial charge >= 0.3 is 0 Å². The van der Waals surface area contributed by atoms with Gasteiger partial charge in [-0.25, -0.2) is 9.98 Å². The number of piperazine rings is 1. The van der Waals surface area contributed by atoms with Crippen molar-refractivity contribution >= 4 is 34.6 Å². The highest BCUT2D eigenvalue weighted by Gasteiger charge is 2.29. The number of para-hydroxylation sites is 1. The summed E-state index contributed by atoms with van der Waals surface area (Å²) in [5.74, 6) is 1.94. The summed E-state index contributed by atoms with van der Waals surface area (Å²) in [7, 11) is 1.71. The van der Waals surface area contributed by atoms with Crippen LogP contribution in [0.2, 0.25) is 0 Å². The van der Waals surface area contributed by atoms with E-state index < -0.39 is 0 Å². The van der Waals surface area contributed by atoms with E-state index in [0.29, 0.717) is 6.04 Å². The minimum Gasteiger partial charge on any atom is -0.497 e. The van der Waals surface area contributed by atoms with Crippen molar-refractivity contribution in [2.75, 3.05) is 26.7 Å². The first kappa shape index (κ1) is 21.5. The van der Waals surface area contributed by atoms with Crippen LogP contribution in [0.4, 0.5) is 5.69 Å². The normalized spacial score (nSPS) is 17.9. The van der Waals surface area contributed by atoms with Crippen molar-refractivity contribution in [1.29, 1.82) is 0 Å². The van der Waals surface area contributed by atoms with Crippen LogP contribution in [0.3, 0.4) is 0 Å². The van der Waals surface area contributed by atoms with Crippen LogP contribution in [-0.2, 0) is 12.8 Å². The van der Waals surface area contributed by atoms with Gasteiger partial charge in [0.05, 0.1) is 22.0 Å². The number of rotatable bonds is 5. The Labute approximate surface area is 197 Å². The highest BCUT2D eigenvalue weighted by Crippen LogP contribution is 2.43. The molecule has 1 saturated heterocycles. The second-order valence-electron chi connectivity index (χ2n) is 8.09. The van der Waals surface area contributed by atoms with Gasteiger partial charge in [-0.05, 0) is 49.1 Å². The molecule has 3 aromatic rings. The van der Waals surface area contributed by atoms with Crippen LogP contribution in [0.25, 0.3) is 0 Å². The Morgan fingerprint density at radius 2 is 2.00 bits per heavy atom. The lowest BCUT2D eigenvalue weighted by Crippen LogP contribution is -2.53. The number of benzene rings is 2. The van der Waals surface area contributed by atoms with E-state index in [1.807, 2.05) is 35.2 Å². The zero-order valence-corrected chi connectivity index (χ0v) is 20.1. The molecule has 1 aromatic heterocycles. The lowest BCUT2D eigenvalue weighted by atomic mass is 10.0. The summed E-state index contributed by atoms with van der Waals surface area (Å²) >= 11 is 3.62. The average molecular weight is 465 g/mol. The highest BCUT2D eigenvalue weighted by molar-refractivity contribution is 8.01. The predicted octanol–water partition coefficient (Wildman–Crippen LogP) is 5.16. The standard InChI is InChI=1S/C25H28N4OS2/c1-3-22-28-23-24(27-20-6-4-5-7-21(20)31-25(23)32-22)29-15-14-26-18(16-29)11-8-17-9-12-19(30-2)13-10-17/h4-7,9-10,12-13,18,26H,3,8,11,14-16H2,1-2H3. The maximum atomic E-state index is 5.28. The van der Waals surface area contributed by atoms with E-state index in [9.17, 15) is 0 Å². The molecule has 5 nitrogen and oxygen atoms in total. The molecule has 2 aromatic carbocycles. The predicted molar refractivity (Wildman–Crippen MR) is 133 cm³/mol. The molecular weight excluding hydrogens is 436 g/mol. The topological polar surface area (TPSA) is 49.8 Å². The van der Waals surface area contributed by atoms with Crippen LogP contribution in [0.5, 0.6) is 5.75 Å². The monoisotopic (exact) mass is 464 g/mol.